The Morgan fingerprint density at radius 3 is 2.45 bits per heavy atom. The predicted octanol–water partition coefficient (Wildman–Crippen LogP) is 5.57. The van der Waals surface area contributed by atoms with Crippen LogP contribution < -0.4 is 8.92 Å². The highest BCUT2D eigenvalue weighted by molar-refractivity contribution is 8.18. The van der Waals surface area contributed by atoms with Crippen LogP contribution in [-0.2, 0) is 21.5 Å². The predicted molar refractivity (Wildman–Crippen MR) is 142 cm³/mol. The van der Waals surface area contributed by atoms with Crippen LogP contribution in [0.4, 0.5) is 10.5 Å². The van der Waals surface area contributed by atoms with Crippen molar-refractivity contribution in [3.8, 4) is 11.5 Å². The van der Waals surface area contributed by atoms with Crippen LogP contribution in [0.15, 0.2) is 70.5 Å². The molecule has 38 heavy (non-hydrogen) atoms. The third-order valence-electron chi connectivity index (χ3n) is 5.44. The first-order valence-electron chi connectivity index (χ1n) is 10.9. The summed E-state index contributed by atoms with van der Waals surface area (Å²) in [5.74, 6) is -0.898. The first kappa shape index (κ1) is 27.2. The van der Waals surface area contributed by atoms with Crippen molar-refractivity contribution in [3.63, 3.8) is 0 Å². The van der Waals surface area contributed by atoms with Gasteiger partial charge in [-0.05, 0) is 54.6 Å². The molecule has 0 aromatic heterocycles. The fraction of sp³-hybridized carbons (Fsp3) is 0.120. The van der Waals surface area contributed by atoms with E-state index in [0.29, 0.717) is 17.3 Å². The Hall–Kier alpha value is -3.87. The topological polar surface area (TPSA) is 133 Å². The Labute approximate surface area is 227 Å². The molecule has 4 rings (SSSR count). The fourth-order valence-corrected chi connectivity index (χ4v) is 5.65. The molecule has 0 saturated carbocycles. The number of methoxy groups -OCH3 is 1. The molecule has 3 aromatic carbocycles. The number of nitro benzene ring substituents is 1. The molecule has 196 valence electrons. The molecule has 1 aliphatic heterocycles. The van der Waals surface area contributed by atoms with Crippen molar-refractivity contribution in [1.82, 2.24) is 4.90 Å². The highest BCUT2D eigenvalue weighted by Gasteiger charge is 2.36. The van der Waals surface area contributed by atoms with Gasteiger partial charge in [0, 0.05) is 11.6 Å². The molecule has 0 unspecified atom stereocenters. The number of hydrogen-bond acceptors (Lipinski definition) is 9. The minimum atomic E-state index is -4.22. The van der Waals surface area contributed by atoms with E-state index >= 15 is 0 Å². The number of aryl methyl sites for hydroxylation is 1. The largest absolute Gasteiger partial charge is 0.493 e. The van der Waals surface area contributed by atoms with Gasteiger partial charge in [0.2, 0.25) is 5.75 Å². The Kier molecular flexibility index (Phi) is 7.76. The number of para-hydroxylation sites is 1. The molecule has 1 heterocycles. The minimum absolute atomic E-state index is 0.0152. The van der Waals surface area contributed by atoms with E-state index in [1.807, 2.05) is 6.92 Å². The Morgan fingerprint density at radius 2 is 1.79 bits per heavy atom. The number of halogens is 1. The smallest absolute Gasteiger partial charge is 0.339 e. The van der Waals surface area contributed by atoms with E-state index in [4.69, 9.17) is 20.5 Å². The van der Waals surface area contributed by atoms with Gasteiger partial charge in [0.1, 0.15) is 4.90 Å². The van der Waals surface area contributed by atoms with Crippen molar-refractivity contribution in [2.45, 2.75) is 18.4 Å². The van der Waals surface area contributed by atoms with Gasteiger partial charge in [0.25, 0.3) is 16.8 Å². The second-order valence-corrected chi connectivity index (χ2v) is 11.0. The number of benzene rings is 3. The van der Waals surface area contributed by atoms with Crippen LogP contribution in [0.3, 0.4) is 0 Å². The van der Waals surface area contributed by atoms with Crippen molar-refractivity contribution >= 4 is 56.4 Å². The summed E-state index contributed by atoms with van der Waals surface area (Å²) in [4.78, 5) is 37.1. The summed E-state index contributed by atoms with van der Waals surface area (Å²) >= 11 is 6.99. The molecular weight excluding hydrogens is 556 g/mol. The highest BCUT2D eigenvalue weighted by atomic mass is 35.5. The van der Waals surface area contributed by atoms with Gasteiger partial charge in [0.15, 0.2) is 5.75 Å². The maximum atomic E-state index is 13.0. The fourth-order valence-electron chi connectivity index (χ4n) is 3.55. The van der Waals surface area contributed by atoms with Crippen LogP contribution in [0.2, 0.25) is 5.02 Å². The average molecular weight is 575 g/mol. The molecule has 1 saturated heterocycles. The summed E-state index contributed by atoms with van der Waals surface area (Å²) in [6.07, 6.45) is 1.39. The van der Waals surface area contributed by atoms with Gasteiger partial charge in [-0.2, -0.15) is 8.42 Å². The van der Waals surface area contributed by atoms with Gasteiger partial charge in [-0.25, -0.2) is 0 Å². The van der Waals surface area contributed by atoms with Crippen LogP contribution in [0.1, 0.15) is 16.7 Å². The zero-order valence-corrected chi connectivity index (χ0v) is 22.3. The van der Waals surface area contributed by atoms with Gasteiger partial charge in [-0.1, -0.05) is 47.5 Å². The van der Waals surface area contributed by atoms with Crippen LogP contribution >= 0.6 is 23.4 Å². The number of thioether (sulfide) groups is 1. The second kappa shape index (κ2) is 10.9. The normalized spacial score (nSPS) is 14.7. The van der Waals surface area contributed by atoms with Crippen molar-refractivity contribution in [2.24, 2.45) is 0 Å². The third-order valence-corrected chi connectivity index (χ3v) is 7.87. The summed E-state index contributed by atoms with van der Waals surface area (Å²) in [7, 11) is -2.93. The molecule has 0 atom stereocenters. The quantitative estimate of drug-likeness (QED) is 0.146. The lowest BCUT2D eigenvalue weighted by Crippen LogP contribution is -2.27. The SMILES string of the molecule is COc1cc(/C=C2\SC(=O)N(Cc3ccccc3[N+](=O)[O-])C2=O)cc(Cl)c1OS(=O)(=O)c1ccc(C)cc1. The van der Waals surface area contributed by atoms with Gasteiger partial charge in [0.05, 0.1) is 28.5 Å². The van der Waals surface area contributed by atoms with E-state index in [1.54, 1.807) is 18.2 Å². The van der Waals surface area contributed by atoms with E-state index in [1.165, 1.54) is 55.7 Å². The van der Waals surface area contributed by atoms with Crippen molar-refractivity contribution in [3.05, 3.63) is 97.4 Å². The number of imide groups is 1. The van der Waals surface area contributed by atoms with Gasteiger partial charge < -0.3 is 8.92 Å². The first-order valence-corrected chi connectivity index (χ1v) is 13.5. The van der Waals surface area contributed by atoms with E-state index < -0.39 is 26.2 Å². The van der Waals surface area contributed by atoms with Crippen molar-refractivity contribution in [1.29, 1.82) is 0 Å². The minimum Gasteiger partial charge on any atom is -0.493 e. The summed E-state index contributed by atoms with van der Waals surface area (Å²) < 4.78 is 36.0. The molecule has 10 nitrogen and oxygen atoms in total. The van der Waals surface area contributed by atoms with Crippen molar-refractivity contribution < 1.29 is 31.9 Å². The van der Waals surface area contributed by atoms with Gasteiger partial charge in [-0.15, -0.1) is 0 Å². The van der Waals surface area contributed by atoms with Crippen LogP contribution in [0.25, 0.3) is 6.08 Å². The number of ether oxygens (including phenoxy) is 1. The van der Waals surface area contributed by atoms with E-state index in [0.717, 1.165) is 10.5 Å². The lowest BCUT2D eigenvalue weighted by Gasteiger charge is -2.14. The van der Waals surface area contributed by atoms with E-state index in [9.17, 15) is 28.1 Å². The van der Waals surface area contributed by atoms with Crippen LogP contribution in [0.5, 0.6) is 11.5 Å². The molecule has 1 aliphatic rings. The lowest BCUT2D eigenvalue weighted by atomic mass is 10.1. The molecule has 1 fully saturated rings. The van der Waals surface area contributed by atoms with E-state index in [2.05, 4.69) is 0 Å². The number of amides is 2. The number of carbonyl (C=O) groups excluding carboxylic acids is 2. The summed E-state index contributed by atoms with van der Waals surface area (Å²) in [5.41, 5.74) is 1.21. The molecule has 0 aliphatic carbocycles. The average Bonchev–Trinajstić information content (AvgIpc) is 3.13. The standard InChI is InChI=1S/C25H19ClN2O8S2/c1-15-7-9-18(10-8-15)38(33,34)36-23-19(26)11-16(12-21(23)35-2)13-22-24(29)27(25(30)37-22)14-17-5-3-4-6-20(17)28(31)32/h3-13H,14H2,1-2H3/b22-13-. The molecule has 0 bridgehead atoms. The molecule has 0 radical (unpaired) electrons. The number of carbonyl (C=O) groups is 2. The zero-order valence-electron chi connectivity index (χ0n) is 19.9. The first-order chi connectivity index (χ1) is 18.0. The maximum Gasteiger partial charge on any atom is 0.339 e. The van der Waals surface area contributed by atoms with Gasteiger partial charge >= 0.3 is 10.1 Å². The molecule has 13 heteroatoms. The Balaban J connectivity index is 1.61. The summed E-state index contributed by atoms with van der Waals surface area (Å²) in [5, 5.41) is 10.6. The number of nitro groups is 1. The van der Waals surface area contributed by atoms with Gasteiger partial charge in [-0.3, -0.25) is 24.6 Å². The van der Waals surface area contributed by atoms with Crippen molar-refractivity contribution in [2.75, 3.05) is 7.11 Å². The Morgan fingerprint density at radius 1 is 1.11 bits per heavy atom. The molecule has 2 amide bonds. The number of rotatable bonds is 8. The molecule has 3 aromatic rings. The zero-order chi connectivity index (χ0) is 27.6. The monoisotopic (exact) mass is 574 g/mol. The second-order valence-electron chi connectivity index (χ2n) is 8.04. The molecule has 0 N–H and O–H groups in total. The number of nitrogens with zero attached hydrogens (tertiary/aromatic N) is 2. The number of hydrogen-bond donors (Lipinski definition) is 0. The third kappa shape index (κ3) is 5.67. The van der Waals surface area contributed by atoms with Crippen LogP contribution in [-0.4, -0.2) is 36.5 Å². The Bertz CT molecular complexity index is 1590. The maximum absolute atomic E-state index is 13.0. The molecular formula is C25H19ClN2O8S2. The van der Waals surface area contributed by atoms with Crippen LogP contribution in [0, 0.1) is 17.0 Å². The lowest BCUT2D eigenvalue weighted by molar-refractivity contribution is -0.385. The van der Waals surface area contributed by atoms with E-state index in [-0.39, 0.29) is 44.1 Å². The molecule has 0 spiro atoms. The summed E-state index contributed by atoms with van der Waals surface area (Å²) in [6.45, 7) is 1.54. The highest BCUT2D eigenvalue weighted by Crippen LogP contribution is 2.40. The summed E-state index contributed by atoms with van der Waals surface area (Å²) in [6, 6.07) is 14.7.